The molecule has 0 aliphatic rings. The number of thiophene rings is 1. The van der Waals surface area contributed by atoms with Gasteiger partial charge in [-0.3, -0.25) is 4.79 Å². The van der Waals surface area contributed by atoms with Crippen molar-refractivity contribution in [2.24, 2.45) is 5.73 Å². The third-order valence-corrected chi connectivity index (χ3v) is 5.55. The van der Waals surface area contributed by atoms with Crippen molar-refractivity contribution in [3.05, 3.63) is 63.1 Å². The molecule has 2 heterocycles. The Labute approximate surface area is 177 Å². The third kappa shape index (κ3) is 5.42. The predicted octanol–water partition coefficient (Wildman–Crippen LogP) is 3.86. The van der Waals surface area contributed by atoms with Gasteiger partial charge in [0.15, 0.2) is 0 Å². The molecule has 28 heavy (non-hydrogen) atoms. The van der Waals surface area contributed by atoms with Crippen LogP contribution in [0.15, 0.2) is 42.6 Å². The Balaban J connectivity index is 1.59. The Morgan fingerprint density at radius 3 is 2.79 bits per heavy atom. The molecule has 3 aromatic rings. The SMILES string of the molecule is NCCNc1nccc(-c2ccc(C(=O)NCCc3ccc(Cl)cc3Cl)s2)n1. The standard InChI is InChI=1S/C19H19Cl2N5OS/c20-13-2-1-12(14(21)11-13)5-8-23-18(27)17-4-3-16(28-17)15-6-9-24-19(26-15)25-10-7-22/h1-4,6,9,11H,5,7-8,10,22H2,(H,23,27)(H,24,25,26). The number of carbonyl (C=O) groups is 1. The molecule has 9 heteroatoms. The summed E-state index contributed by atoms with van der Waals surface area (Å²) >= 11 is 13.4. The Morgan fingerprint density at radius 2 is 2.00 bits per heavy atom. The smallest absolute Gasteiger partial charge is 0.261 e. The van der Waals surface area contributed by atoms with Crippen molar-refractivity contribution in [2.45, 2.75) is 6.42 Å². The van der Waals surface area contributed by atoms with E-state index >= 15 is 0 Å². The number of halogens is 2. The first kappa shape index (κ1) is 20.5. The van der Waals surface area contributed by atoms with Crippen LogP contribution >= 0.6 is 34.5 Å². The van der Waals surface area contributed by atoms with Gasteiger partial charge in [0.05, 0.1) is 15.4 Å². The summed E-state index contributed by atoms with van der Waals surface area (Å²) < 4.78 is 0. The Hall–Kier alpha value is -2.19. The maximum Gasteiger partial charge on any atom is 0.261 e. The molecule has 0 fully saturated rings. The van der Waals surface area contributed by atoms with Crippen molar-refractivity contribution in [1.29, 1.82) is 0 Å². The number of rotatable bonds is 8. The van der Waals surface area contributed by atoms with Crippen LogP contribution in [0.3, 0.4) is 0 Å². The molecule has 0 saturated heterocycles. The lowest BCUT2D eigenvalue weighted by molar-refractivity contribution is 0.0958. The van der Waals surface area contributed by atoms with Crippen LogP contribution in [0.25, 0.3) is 10.6 Å². The minimum atomic E-state index is -0.128. The monoisotopic (exact) mass is 435 g/mol. The number of hydrogen-bond acceptors (Lipinski definition) is 6. The van der Waals surface area contributed by atoms with E-state index in [1.807, 2.05) is 18.2 Å². The van der Waals surface area contributed by atoms with E-state index < -0.39 is 0 Å². The highest BCUT2D eigenvalue weighted by Gasteiger charge is 2.12. The first-order chi connectivity index (χ1) is 13.6. The van der Waals surface area contributed by atoms with Gasteiger partial charge in [-0.15, -0.1) is 11.3 Å². The van der Waals surface area contributed by atoms with Crippen molar-refractivity contribution < 1.29 is 4.79 Å². The Bertz CT molecular complexity index is 963. The molecule has 0 atom stereocenters. The van der Waals surface area contributed by atoms with Crippen molar-refractivity contribution in [3.63, 3.8) is 0 Å². The molecule has 0 aliphatic heterocycles. The molecule has 0 radical (unpaired) electrons. The molecule has 1 aromatic carbocycles. The zero-order chi connectivity index (χ0) is 19.9. The lowest BCUT2D eigenvalue weighted by Crippen LogP contribution is -2.24. The van der Waals surface area contributed by atoms with Crippen LogP contribution in [0, 0.1) is 0 Å². The summed E-state index contributed by atoms with van der Waals surface area (Å²) in [5.74, 6) is 0.388. The second-order valence-corrected chi connectivity index (χ2v) is 7.81. The van der Waals surface area contributed by atoms with E-state index in [1.165, 1.54) is 11.3 Å². The lowest BCUT2D eigenvalue weighted by Gasteiger charge is -2.06. The van der Waals surface area contributed by atoms with Gasteiger partial charge in [0.25, 0.3) is 5.91 Å². The van der Waals surface area contributed by atoms with E-state index in [4.69, 9.17) is 28.9 Å². The molecular weight excluding hydrogens is 417 g/mol. The summed E-state index contributed by atoms with van der Waals surface area (Å²) in [6, 6.07) is 10.8. The van der Waals surface area contributed by atoms with E-state index in [1.54, 1.807) is 24.4 Å². The summed E-state index contributed by atoms with van der Waals surface area (Å²) in [7, 11) is 0. The van der Waals surface area contributed by atoms with E-state index in [-0.39, 0.29) is 5.91 Å². The molecule has 0 spiro atoms. The van der Waals surface area contributed by atoms with Gasteiger partial charge in [0, 0.05) is 35.9 Å². The van der Waals surface area contributed by atoms with Gasteiger partial charge in [-0.1, -0.05) is 29.3 Å². The number of hydrogen-bond donors (Lipinski definition) is 3. The fourth-order valence-electron chi connectivity index (χ4n) is 2.48. The van der Waals surface area contributed by atoms with E-state index in [2.05, 4.69) is 20.6 Å². The van der Waals surface area contributed by atoms with Gasteiger partial charge in [0.1, 0.15) is 0 Å². The summed E-state index contributed by atoms with van der Waals surface area (Å²) in [6.45, 7) is 1.57. The van der Waals surface area contributed by atoms with Crippen molar-refractivity contribution in [2.75, 3.05) is 25.0 Å². The number of nitrogens with one attached hydrogen (secondary N) is 2. The molecule has 4 N–H and O–H groups in total. The zero-order valence-electron chi connectivity index (χ0n) is 14.9. The molecular formula is C19H19Cl2N5OS. The molecule has 0 unspecified atom stereocenters. The highest BCUT2D eigenvalue weighted by molar-refractivity contribution is 7.17. The van der Waals surface area contributed by atoms with E-state index in [0.717, 1.165) is 16.1 Å². The van der Waals surface area contributed by atoms with Crippen LogP contribution in [-0.4, -0.2) is 35.5 Å². The van der Waals surface area contributed by atoms with Crippen LogP contribution in [0.1, 0.15) is 15.2 Å². The van der Waals surface area contributed by atoms with Gasteiger partial charge < -0.3 is 16.4 Å². The van der Waals surface area contributed by atoms with Gasteiger partial charge in [-0.25, -0.2) is 9.97 Å². The van der Waals surface area contributed by atoms with Crippen LogP contribution in [0.4, 0.5) is 5.95 Å². The minimum absolute atomic E-state index is 0.128. The second-order valence-electron chi connectivity index (χ2n) is 5.89. The molecule has 2 aromatic heterocycles. The fourth-order valence-corrected chi connectivity index (χ4v) is 3.88. The average Bonchev–Trinajstić information content (AvgIpc) is 3.18. The number of nitrogens with two attached hydrogens (primary N) is 1. The summed E-state index contributed by atoms with van der Waals surface area (Å²) in [6.07, 6.45) is 2.30. The van der Waals surface area contributed by atoms with Gasteiger partial charge in [-0.2, -0.15) is 0 Å². The van der Waals surface area contributed by atoms with E-state index in [9.17, 15) is 4.79 Å². The maximum atomic E-state index is 12.4. The maximum absolute atomic E-state index is 12.4. The zero-order valence-corrected chi connectivity index (χ0v) is 17.2. The largest absolute Gasteiger partial charge is 0.353 e. The molecule has 0 saturated carbocycles. The first-order valence-corrected chi connectivity index (χ1v) is 10.2. The number of benzene rings is 1. The van der Waals surface area contributed by atoms with Gasteiger partial charge >= 0.3 is 0 Å². The predicted molar refractivity (Wildman–Crippen MR) is 115 cm³/mol. The van der Waals surface area contributed by atoms with Crippen molar-refractivity contribution >= 4 is 46.4 Å². The van der Waals surface area contributed by atoms with Gasteiger partial charge in [-0.05, 0) is 42.3 Å². The lowest BCUT2D eigenvalue weighted by atomic mass is 10.1. The molecule has 146 valence electrons. The Kier molecular flexibility index (Phi) is 7.22. The molecule has 6 nitrogen and oxygen atoms in total. The van der Waals surface area contributed by atoms with Crippen LogP contribution in [-0.2, 0) is 6.42 Å². The topological polar surface area (TPSA) is 92.9 Å². The number of carbonyl (C=O) groups excluding carboxylic acids is 1. The number of aromatic nitrogens is 2. The van der Waals surface area contributed by atoms with Crippen LogP contribution in [0.2, 0.25) is 10.0 Å². The third-order valence-electron chi connectivity index (χ3n) is 3.86. The second kappa shape index (κ2) is 9.84. The number of nitrogens with zero attached hydrogens (tertiary/aromatic N) is 2. The molecule has 0 aliphatic carbocycles. The highest BCUT2D eigenvalue weighted by Crippen LogP contribution is 2.27. The molecule has 3 rings (SSSR count). The van der Waals surface area contributed by atoms with Crippen molar-refractivity contribution in [1.82, 2.24) is 15.3 Å². The number of anilines is 1. The number of amides is 1. The molecule has 1 amide bonds. The van der Waals surface area contributed by atoms with Gasteiger partial charge in [0.2, 0.25) is 5.95 Å². The summed E-state index contributed by atoms with van der Waals surface area (Å²) in [5, 5.41) is 7.15. The normalized spacial score (nSPS) is 10.7. The van der Waals surface area contributed by atoms with Crippen LogP contribution < -0.4 is 16.4 Å². The van der Waals surface area contributed by atoms with E-state index in [0.29, 0.717) is 46.9 Å². The van der Waals surface area contributed by atoms with Crippen molar-refractivity contribution in [3.8, 4) is 10.6 Å². The average molecular weight is 436 g/mol. The minimum Gasteiger partial charge on any atom is -0.353 e. The van der Waals surface area contributed by atoms with Crippen LogP contribution in [0.5, 0.6) is 0 Å². The highest BCUT2D eigenvalue weighted by atomic mass is 35.5. The first-order valence-electron chi connectivity index (χ1n) is 8.66. The quantitative estimate of drug-likeness (QED) is 0.499. The Morgan fingerprint density at radius 1 is 1.14 bits per heavy atom. The molecule has 0 bridgehead atoms. The fraction of sp³-hybridized carbons (Fsp3) is 0.211. The summed E-state index contributed by atoms with van der Waals surface area (Å²) in [5.41, 5.74) is 7.18. The summed E-state index contributed by atoms with van der Waals surface area (Å²) in [4.78, 5) is 22.5.